The van der Waals surface area contributed by atoms with Gasteiger partial charge in [-0.2, -0.15) is 0 Å². The standard InChI is InChI=1S/C20H34N4O2S/c1-21-20(22-8-5-11-25-15-17-7-12-26-16-17)23-14-18(19-6-4-13-27-19)24-9-2-3-10-24/h4,6,13,17-18H,2-3,5,7-12,14-16H2,1H3,(H2,21,22,23). The van der Waals surface area contributed by atoms with Crippen LogP contribution in [0, 0.1) is 5.92 Å². The molecule has 152 valence electrons. The molecule has 2 fully saturated rings. The predicted molar refractivity (Wildman–Crippen MR) is 112 cm³/mol. The molecule has 1 aromatic rings. The minimum atomic E-state index is 0.433. The summed E-state index contributed by atoms with van der Waals surface area (Å²) in [6.07, 6.45) is 4.73. The minimum absolute atomic E-state index is 0.433. The van der Waals surface area contributed by atoms with Gasteiger partial charge in [0.1, 0.15) is 0 Å². The van der Waals surface area contributed by atoms with Gasteiger partial charge >= 0.3 is 0 Å². The van der Waals surface area contributed by atoms with Crippen LogP contribution in [0.15, 0.2) is 22.5 Å². The van der Waals surface area contributed by atoms with Crippen LogP contribution in [-0.2, 0) is 9.47 Å². The number of ether oxygens (including phenoxy) is 2. The first kappa shape index (κ1) is 20.6. The predicted octanol–water partition coefficient (Wildman–Crippen LogP) is 2.49. The van der Waals surface area contributed by atoms with Gasteiger partial charge in [0.15, 0.2) is 5.96 Å². The van der Waals surface area contributed by atoms with Crippen molar-refractivity contribution < 1.29 is 9.47 Å². The van der Waals surface area contributed by atoms with E-state index in [1.807, 2.05) is 18.4 Å². The molecule has 2 atom stereocenters. The van der Waals surface area contributed by atoms with Gasteiger partial charge in [-0.15, -0.1) is 11.3 Å². The summed E-state index contributed by atoms with van der Waals surface area (Å²) in [6.45, 7) is 7.50. The van der Waals surface area contributed by atoms with Gasteiger partial charge in [0, 0.05) is 44.1 Å². The van der Waals surface area contributed by atoms with Crippen molar-refractivity contribution in [1.29, 1.82) is 0 Å². The zero-order chi connectivity index (χ0) is 18.7. The molecule has 3 heterocycles. The van der Waals surface area contributed by atoms with Crippen molar-refractivity contribution >= 4 is 17.3 Å². The van der Waals surface area contributed by atoms with Gasteiger partial charge in [-0.05, 0) is 50.2 Å². The largest absolute Gasteiger partial charge is 0.381 e. The Morgan fingerprint density at radius 3 is 3.00 bits per heavy atom. The first-order chi connectivity index (χ1) is 13.4. The number of thiophene rings is 1. The first-order valence-corrected chi connectivity index (χ1v) is 11.1. The topological polar surface area (TPSA) is 58.1 Å². The van der Waals surface area contributed by atoms with Crippen molar-refractivity contribution in [2.45, 2.75) is 31.7 Å². The Labute approximate surface area is 167 Å². The van der Waals surface area contributed by atoms with Crippen LogP contribution in [0.1, 0.15) is 36.6 Å². The van der Waals surface area contributed by atoms with Crippen LogP contribution in [0.3, 0.4) is 0 Å². The van der Waals surface area contributed by atoms with E-state index in [0.29, 0.717) is 12.0 Å². The van der Waals surface area contributed by atoms with E-state index in [-0.39, 0.29) is 0 Å². The normalized spacial score (nSPS) is 22.3. The van der Waals surface area contributed by atoms with E-state index in [0.717, 1.165) is 58.3 Å². The molecule has 0 aliphatic carbocycles. The second-order valence-electron chi connectivity index (χ2n) is 7.31. The van der Waals surface area contributed by atoms with Crippen LogP contribution < -0.4 is 10.6 Å². The molecular weight excluding hydrogens is 360 g/mol. The Balaban J connectivity index is 1.33. The Bertz CT molecular complexity index is 540. The fourth-order valence-electron chi connectivity index (χ4n) is 3.70. The molecule has 2 aliphatic heterocycles. The molecule has 3 rings (SSSR count). The average molecular weight is 395 g/mol. The Morgan fingerprint density at radius 1 is 1.41 bits per heavy atom. The number of hydrogen-bond donors (Lipinski definition) is 2. The second-order valence-corrected chi connectivity index (χ2v) is 8.29. The Hall–Kier alpha value is -1.15. The van der Waals surface area contributed by atoms with Gasteiger partial charge in [0.2, 0.25) is 0 Å². The van der Waals surface area contributed by atoms with E-state index in [1.54, 1.807) is 0 Å². The van der Waals surface area contributed by atoms with Crippen molar-refractivity contribution in [3.05, 3.63) is 22.4 Å². The molecule has 2 saturated heterocycles. The van der Waals surface area contributed by atoms with Crippen LogP contribution in [0.5, 0.6) is 0 Å². The van der Waals surface area contributed by atoms with Gasteiger partial charge in [0.25, 0.3) is 0 Å². The van der Waals surface area contributed by atoms with Crippen LogP contribution in [-0.4, -0.2) is 70.5 Å². The third kappa shape index (κ3) is 6.75. The summed E-state index contributed by atoms with van der Waals surface area (Å²) in [5, 5.41) is 9.09. The van der Waals surface area contributed by atoms with Gasteiger partial charge < -0.3 is 20.1 Å². The molecule has 7 heteroatoms. The molecular formula is C20H34N4O2S. The molecule has 2 N–H and O–H groups in total. The fourth-order valence-corrected chi connectivity index (χ4v) is 4.56. The van der Waals surface area contributed by atoms with Crippen molar-refractivity contribution in [2.75, 3.05) is 59.7 Å². The summed E-state index contributed by atoms with van der Waals surface area (Å²) in [7, 11) is 1.84. The SMILES string of the molecule is CN=C(NCCCOCC1CCOC1)NCC(c1cccs1)N1CCCC1. The van der Waals surface area contributed by atoms with Crippen LogP contribution in [0.4, 0.5) is 0 Å². The van der Waals surface area contributed by atoms with Gasteiger partial charge in [-0.3, -0.25) is 9.89 Å². The molecule has 0 spiro atoms. The highest BCUT2D eigenvalue weighted by molar-refractivity contribution is 7.10. The number of nitrogens with one attached hydrogen (secondary N) is 2. The quantitative estimate of drug-likeness (QED) is 0.363. The van der Waals surface area contributed by atoms with Crippen molar-refractivity contribution in [3.8, 4) is 0 Å². The average Bonchev–Trinajstić information content (AvgIpc) is 3.46. The molecule has 0 radical (unpaired) electrons. The second kappa shape index (κ2) is 11.6. The Morgan fingerprint density at radius 2 is 2.30 bits per heavy atom. The molecule has 0 saturated carbocycles. The molecule has 0 bridgehead atoms. The summed E-state index contributed by atoms with van der Waals surface area (Å²) < 4.78 is 11.1. The molecule has 1 aromatic heterocycles. The van der Waals surface area contributed by atoms with Crippen molar-refractivity contribution in [2.24, 2.45) is 10.9 Å². The third-order valence-corrected chi connectivity index (χ3v) is 6.25. The zero-order valence-electron chi connectivity index (χ0n) is 16.5. The van der Waals surface area contributed by atoms with E-state index < -0.39 is 0 Å². The van der Waals surface area contributed by atoms with Crippen molar-refractivity contribution in [3.63, 3.8) is 0 Å². The number of likely N-dealkylation sites (tertiary alicyclic amines) is 1. The van der Waals surface area contributed by atoms with E-state index in [1.165, 1.54) is 30.8 Å². The lowest BCUT2D eigenvalue weighted by Gasteiger charge is -2.27. The number of rotatable bonds is 10. The zero-order valence-corrected chi connectivity index (χ0v) is 17.3. The first-order valence-electron chi connectivity index (χ1n) is 10.2. The summed E-state index contributed by atoms with van der Waals surface area (Å²) in [5.74, 6) is 1.46. The maximum absolute atomic E-state index is 5.76. The lowest BCUT2D eigenvalue weighted by molar-refractivity contribution is 0.0888. The maximum Gasteiger partial charge on any atom is 0.191 e. The fraction of sp³-hybridized carbons (Fsp3) is 0.750. The van der Waals surface area contributed by atoms with E-state index >= 15 is 0 Å². The van der Waals surface area contributed by atoms with Crippen LogP contribution in [0.2, 0.25) is 0 Å². The summed E-state index contributed by atoms with van der Waals surface area (Å²) in [4.78, 5) is 8.40. The molecule has 2 aliphatic rings. The number of hydrogen-bond acceptors (Lipinski definition) is 5. The van der Waals surface area contributed by atoms with E-state index in [4.69, 9.17) is 9.47 Å². The molecule has 2 unspecified atom stereocenters. The van der Waals surface area contributed by atoms with Gasteiger partial charge in [0.05, 0.1) is 19.3 Å². The molecule has 0 amide bonds. The molecule has 27 heavy (non-hydrogen) atoms. The summed E-state index contributed by atoms with van der Waals surface area (Å²) in [6, 6.07) is 4.83. The lowest BCUT2D eigenvalue weighted by Crippen LogP contribution is -2.42. The molecule has 0 aromatic carbocycles. The van der Waals surface area contributed by atoms with Gasteiger partial charge in [-0.25, -0.2) is 0 Å². The smallest absolute Gasteiger partial charge is 0.191 e. The highest BCUT2D eigenvalue weighted by Crippen LogP contribution is 2.27. The summed E-state index contributed by atoms with van der Waals surface area (Å²) >= 11 is 1.85. The number of aliphatic imine (C=N–C) groups is 1. The van der Waals surface area contributed by atoms with Crippen molar-refractivity contribution in [1.82, 2.24) is 15.5 Å². The lowest BCUT2D eigenvalue weighted by atomic mass is 10.1. The summed E-state index contributed by atoms with van der Waals surface area (Å²) in [5.41, 5.74) is 0. The van der Waals surface area contributed by atoms with Crippen LogP contribution >= 0.6 is 11.3 Å². The van der Waals surface area contributed by atoms with Crippen LogP contribution in [0.25, 0.3) is 0 Å². The highest BCUT2D eigenvalue weighted by Gasteiger charge is 2.24. The van der Waals surface area contributed by atoms with E-state index in [9.17, 15) is 0 Å². The maximum atomic E-state index is 5.76. The van der Waals surface area contributed by atoms with Gasteiger partial charge in [-0.1, -0.05) is 6.07 Å². The monoisotopic (exact) mass is 394 g/mol. The number of nitrogens with zero attached hydrogens (tertiary/aromatic N) is 2. The molecule has 6 nitrogen and oxygen atoms in total. The number of guanidine groups is 1. The third-order valence-electron chi connectivity index (χ3n) is 5.27. The highest BCUT2D eigenvalue weighted by atomic mass is 32.1. The minimum Gasteiger partial charge on any atom is -0.381 e. The van der Waals surface area contributed by atoms with E-state index in [2.05, 4.69) is 38.0 Å². The Kier molecular flexibility index (Phi) is 8.87.